The summed E-state index contributed by atoms with van der Waals surface area (Å²) in [4.78, 5) is 30.7. The monoisotopic (exact) mass is 475 g/mol. The Morgan fingerprint density at radius 1 is 1.06 bits per heavy atom. The summed E-state index contributed by atoms with van der Waals surface area (Å²) in [7, 11) is 2.04. The number of piperidine rings is 1. The second-order valence-electron chi connectivity index (χ2n) is 12.6. The number of rotatable bonds is 4. The van der Waals surface area contributed by atoms with Crippen LogP contribution >= 0.6 is 0 Å². The van der Waals surface area contributed by atoms with Gasteiger partial charge in [-0.15, -0.1) is 0 Å². The van der Waals surface area contributed by atoms with Gasteiger partial charge in [0.05, 0.1) is 6.42 Å². The summed E-state index contributed by atoms with van der Waals surface area (Å²) >= 11 is 0. The number of aromatic nitrogens is 1. The molecule has 2 heterocycles. The van der Waals surface area contributed by atoms with Crippen LogP contribution < -0.4 is 5.32 Å². The van der Waals surface area contributed by atoms with Crippen molar-refractivity contribution in [3.63, 3.8) is 0 Å². The number of carbonyl (C=O) groups excluding carboxylic acids is 2. The molecule has 3 aliphatic carbocycles. The highest BCUT2D eigenvalue weighted by atomic mass is 16.2. The molecule has 188 valence electrons. The Kier molecular flexibility index (Phi) is 5.54. The van der Waals surface area contributed by atoms with Gasteiger partial charge in [0.25, 0.3) is 0 Å². The molecule has 1 saturated heterocycles. The number of nitrogens with zero attached hydrogens (tertiary/aromatic N) is 1. The molecule has 6 rings (SSSR count). The number of nitrogens with one attached hydrogen (secondary N) is 2. The Balaban J connectivity index is 1.12. The minimum absolute atomic E-state index is 0.137. The summed E-state index contributed by atoms with van der Waals surface area (Å²) in [5, 5.41) is 4.47. The summed E-state index contributed by atoms with van der Waals surface area (Å²) < 4.78 is 0. The van der Waals surface area contributed by atoms with Gasteiger partial charge in [-0.2, -0.15) is 0 Å². The largest absolute Gasteiger partial charge is 0.361 e. The molecule has 5 heteroatoms. The van der Waals surface area contributed by atoms with E-state index in [1.54, 1.807) is 0 Å². The van der Waals surface area contributed by atoms with E-state index >= 15 is 0 Å². The van der Waals surface area contributed by atoms with Gasteiger partial charge in [-0.3, -0.25) is 9.59 Å². The number of carbonyl (C=O) groups is 2. The third kappa shape index (κ3) is 3.55. The van der Waals surface area contributed by atoms with E-state index in [0.29, 0.717) is 29.7 Å². The van der Waals surface area contributed by atoms with Gasteiger partial charge in [0.15, 0.2) is 0 Å². The summed E-state index contributed by atoms with van der Waals surface area (Å²) in [6.45, 7) is 5.84. The Morgan fingerprint density at radius 3 is 2.71 bits per heavy atom. The van der Waals surface area contributed by atoms with E-state index in [9.17, 15) is 9.59 Å². The number of para-hydroxylation sites is 1. The summed E-state index contributed by atoms with van der Waals surface area (Å²) in [5.74, 6) is 3.34. The van der Waals surface area contributed by atoms with Crippen molar-refractivity contribution in [2.75, 3.05) is 13.6 Å². The quantitative estimate of drug-likeness (QED) is 0.630. The molecular weight excluding hydrogens is 434 g/mol. The fourth-order valence-corrected chi connectivity index (χ4v) is 9.34. The highest BCUT2D eigenvalue weighted by Crippen LogP contribution is 2.66. The first-order valence-electron chi connectivity index (χ1n) is 13.9. The van der Waals surface area contributed by atoms with Gasteiger partial charge in [-0.05, 0) is 91.1 Å². The van der Waals surface area contributed by atoms with Crippen LogP contribution in [-0.4, -0.2) is 41.3 Å². The SMILES string of the molecule is CN1C(=O)CC[C@]2(C)[C@H]3CC[C@]4(C)[C@@H](CNC(=O)Cc5c[nH]c6ccccc56)CC[C@H]4[C@@H]3CC[C@@H]12. The third-order valence-electron chi connectivity index (χ3n) is 11.3. The molecule has 1 aromatic carbocycles. The average molecular weight is 476 g/mol. The second-order valence-corrected chi connectivity index (χ2v) is 12.6. The predicted molar refractivity (Wildman–Crippen MR) is 139 cm³/mol. The Bertz CT molecular complexity index is 1140. The van der Waals surface area contributed by atoms with Gasteiger partial charge in [-0.25, -0.2) is 0 Å². The lowest BCUT2D eigenvalue weighted by Gasteiger charge is -2.61. The van der Waals surface area contributed by atoms with Crippen LogP contribution in [-0.2, 0) is 16.0 Å². The van der Waals surface area contributed by atoms with E-state index in [4.69, 9.17) is 0 Å². The molecule has 1 aromatic heterocycles. The molecule has 2 N–H and O–H groups in total. The number of hydrogen-bond acceptors (Lipinski definition) is 2. The molecule has 0 bridgehead atoms. The van der Waals surface area contributed by atoms with E-state index in [0.717, 1.165) is 53.6 Å². The van der Waals surface area contributed by atoms with Crippen molar-refractivity contribution in [2.45, 2.75) is 77.7 Å². The van der Waals surface area contributed by atoms with Crippen molar-refractivity contribution in [2.24, 2.45) is 34.5 Å². The highest BCUT2D eigenvalue weighted by molar-refractivity contribution is 5.88. The van der Waals surface area contributed by atoms with Crippen LogP contribution in [0.1, 0.15) is 70.8 Å². The predicted octanol–water partition coefficient (Wildman–Crippen LogP) is 5.31. The zero-order chi connectivity index (χ0) is 24.4. The number of fused-ring (bicyclic) bond motifs is 6. The van der Waals surface area contributed by atoms with E-state index < -0.39 is 0 Å². The van der Waals surface area contributed by atoms with Crippen molar-refractivity contribution in [3.05, 3.63) is 36.0 Å². The lowest BCUT2D eigenvalue weighted by atomic mass is 9.47. The second kappa shape index (κ2) is 8.38. The Hall–Kier alpha value is -2.30. The van der Waals surface area contributed by atoms with E-state index in [2.05, 4.69) is 41.2 Å². The van der Waals surface area contributed by atoms with Crippen LogP contribution in [0, 0.1) is 34.5 Å². The number of benzene rings is 1. The van der Waals surface area contributed by atoms with Gasteiger partial charge in [0, 0.05) is 43.2 Å². The van der Waals surface area contributed by atoms with Crippen molar-refractivity contribution >= 4 is 22.7 Å². The maximum atomic E-state index is 12.9. The van der Waals surface area contributed by atoms with Crippen molar-refractivity contribution in [3.8, 4) is 0 Å². The molecule has 1 aliphatic heterocycles. The standard InChI is InChI=1S/C30H41N3O2/c1-29-14-12-24-22(9-11-26-30(24,2)15-13-28(35)33(26)3)23(29)10-8-20(29)18-32-27(34)16-19-17-31-25-7-5-4-6-21(19)25/h4-7,17,20,22-24,26,31H,8-16,18H2,1-3H3,(H,32,34)/t20-,22+,23+,24+,26-,29-,30-/m1/s1. The lowest BCUT2D eigenvalue weighted by Crippen LogP contribution is -2.61. The van der Waals surface area contributed by atoms with Gasteiger partial charge in [-0.1, -0.05) is 32.0 Å². The molecule has 35 heavy (non-hydrogen) atoms. The van der Waals surface area contributed by atoms with Crippen LogP contribution in [0.5, 0.6) is 0 Å². The highest BCUT2D eigenvalue weighted by Gasteiger charge is 2.60. The zero-order valence-electron chi connectivity index (χ0n) is 21.6. The summed E-state index contributed by atoms with van der Waals surface area (Å²) in [6.07, 6.45) is 11.7. The van der Waals surface area contributed by atoms with Gasteiger partial charge in [0.1, 0.15) is 0 Å². The molecular formula is C30H41N3O2. The van der Waals surface area contributed by atoms with Crippen LogP contribution in [0.4, 0.5) is 0 Å². The minimum Gasteiger partial charge on any atom is -0.361 e. The third-order valence-corrected chi connectivity index (χ3v) is 11.3. The first-order valence-corrected chi connectivity index (χ1v) is 13.9. The minimum atomic E-state index is 0.137. The van der Waals surface area contributed by atoms with E-state index in [1.165, 1.54) is 38.5 Å². The normalized spacial score (nSPS) is 38.7. The maximum Gasteiger partial charge on any atom is 0.224 e. The number of likely N-dealkylation sites (tertiary alicyclic amines) is 1. The maximum absolute atomic E-state index is 12.9. The first-order chi connectivity index (χ1) is 16.8. The lowest BCUT2D eigenvalue weighted by molar-refractivity contribution is -0.158. The van der Waals surface area contributed by atoms with Gasteiger partial charge >= 0.3 is 0 Å². The number of aromatic amines is 1. The fourth-order valence-electron chi connectivity index (χ4n) is 9.34. The summed E-state index contributed by atoms with van der Waals surface area (Å²) in [6, 6.07) is 8.63. The van der Waals surface area contributed by atoms with Gasteiger partial charge < -0.3 is 15.2 Å². The smallest absolute Gasteiger partial charge is 0.224 e. The van der Waals surface area contributed by atoms with Crippen LogP contribution in [0.3, 0.4) is 0 Å². The van der Waals surface area contributed by atoms with Crippen molar-refractivity contribution in [1.82, 2.24) is 15.2 Å². The number of H-pyrrole nitrogens is 1. The molecule has 3 saturated carbocycles. The van der Waals surface area contributed by atoms with Crippen LogP contribution in [0.15, 0.2) is 30.5 Å². The molecule has 4 aliphatic rings. The number of hydrogen-bond donors (Lipinski definition) is 2. The topological polar surface area (TPSA) is 65.2 Å². The van der Waals surface area contributed by atoms with E-state index in [1.807, 2.05) is 25.4 Å². The first kappa shape index (κ1) is 23.1. The molecule has 5 nitrogen and oxygen atoms in total. The molecule has 0 spiro atoms. The zero-order valence-corrected chi connectivity index (χ0v) is 21.6. The molecule has 4 fully saturated rings. The Labute approximate surface area is 209 Å². The Morgan fingerprint density at radius 2 is 1.86 bits per heavy atom. The van der Waals surface area contributed by atoms with Crippen molar-refractivity contribution < 1.29 is 9.59 Å². The van der Waals surface area contributed by atoms with Crippen molar-refractivity contribution in [1.29, 1.82) is 0 Å². The summed E-state index contributed by atoms with van der Waals surface area (Å²) in [5.41, 5.74) is 2.78. The molecule has 0 unspecified atom stereocenters. The van der Waals surface area contributed by atoms with Crippen LogP contribution in [0.25, 0.3) is 10.9 Å². The molecule has 2 aromatic rings. The number of amides is 2. The molecule has 2 amide bonds. The molecule has 0 radical (unpaired) electrons. The van der Waals surface area contributed by atoms with Crippen LogP contribution in [0.2, 0.25) is 0 Å². The average Bonchev–Trinajstić information content (AvgIpc) is 3.41. The fraction of sp³-hybridized carbons (Fsp3) is 0.667. The van der Waals surface area contributed by atoms with E-state index in [-0.39, 0.29) is 11.3 Å². The molecule has 7 atom stereocenters. The van der Waals surface area contributed by atoms with Gasteiger partial charge in [0.2, 0.25) is 11.8 Å².